The Balaban J connectivity index is 1.96. The maximum absolute atomic E-state index is 8.89. The summed E-state index contributed by atoms with van der Waals surface area (Å²) in [5, 5.41) is 21.6. The number of aliphatic hydroxyl groups is 1. The summed E-state index contributed by atoms with van der Waals surface area (Å²) in [7, 11) is 0. The van der Waals surface area contributed by atoms with Crippen LogP contribution in [-0.2, 0) is 6.42 Å². The average Bonchev–Trinajstić information content (AvgIpc) is 2.90. The maximum Gasteiger partial charge on any atom is 0.190 e. The molecule has 2 heterocycles. The minimum absolute atomic E-state index is 0.101. The highest BCUT2D eigenvalue weighted by Crippen LogP contribution is 2.32. The third-order valence-corrected chi connectivity index (χ3v) is 2.73. The van der Waals surface area contributed by atoms with Gasteiger partial charge in [0.15, 0.2) is 12.0 Å². The Morgan fingerprint density at radius 2 is 2.06 bits per heavy atom. The molecule has 1 aliphatic heterocycles. The first-order valence-corrected chi connectivity index (χ1v) is 5.53. The first-order valence-electron chi connectivity index (χ1n) is 5.53. The SMILES string of the molecule is OCCc1cc2n(n1)C(c1ccccc1)N=N2. The molecule has 17 heavy (non-hydrogen) atoms. The normalized spacial score (nSPS) is 17.4. The predicted octanol–water partition coefficient (Wildman–Crippen LogP) is 2.06. The number of hydrogen-bond acceptors (Lipinski definition) is 4. The van der Waals surface area contributed by atoms with Crippen molar-refractivity contribution < 1.29 is 5.11 Å². The molecule has 0 radical (unpaired) electrons. The monoisotopic (exact) mass is 228 g/mol. The van der Waals surface area contributed by atoms with Crippen molar-refractivity contribution in [3.63, 3.8) is 0 Å². The molecule has 0 spiro atoms. The van der Waals surface area contributed by atoms with E-state index < -0.39 is 0 Å². The minimum atomic E-state index is -0.168. The van der Waals surface area contributed by atoms with E-state index in [2.05, 4.69) is 15.3 Å². The third kappa shape index (κ3) is 1.74. The number of rotatable bonds is 3. The van der Waals surface area contributed by atoms with Crippen LogP contribution in [0.25, 0.3) is 0 Å². The van der Waals surface area contributed by atoms with Gasteiger partial charge in [0.2, 0.25) is 0 Å². The van der Waals surface area contributed by atoms with Crippen LogP contribution < -0.4 is 0 Å². The Morgan fingerprint density at radius 3 is 2.82 bits per heavy atom. The Hall–Kier alpha value is -2.01. The summed E-state index contributed by atoms with van der Waals surface area (Å²) in [4.78, 5) is 0. The van der Waals surface area contributed by atoms with Gasteiger partial charge in [-0.25, -0.2) is 4.68 Å². The highest BCUT2D eigenvalue weighted by atomic mass is 16.3. The number of aromatic nitrogens is 2. The first kappa shape index (κ1) is 10.2. The van der Waals surface area contributed by atoms with Gasteiger partial charge in [-0.05, 0) is 0 Å². The summed E-state index contributed by atoms with van der Waals surface area (Å²) in [6.45, 7) is 0.101. The van der Waals surface area contributed by atoms with Crippen LogP contribution in [0.5, 0.6) is 0 Å². The van der Waals surface area contributed by atoms with E-state index in [0.717, 1.165) is 17.1 Å². The van der Waals surface area contributed by atoms with E-state index in [0.29, 0.717) is 6.42 Å². The third-order valence-electron chi connectivity index (χ3n) is 2.73. The molecule has 2 aromatic rings. The van der Waals surface area contributed by atoms with Crippen LogP contribution in [0.15, 0.2) is 46.6 Å². The number of hydrogen-bond donors (Lipinski definition) is 1. The van der Waals surface area contributed by atoms with Crippen molar-refractivity contribution in [3.05, 3.63) is 47.7 Å². The lowest BCUT2D eigenvalue weighted by Crippen LogP contribution is -2.06. The molecule has 0 aliphatic carbocycles. The van der Waals surface area contributed by atoms with Gasteiger partial charge in [0, 0.05) is 24.7 Å². The van der Waals surface area contributed by atoms with Gasteiger partial charge in [0.1, 0.15) is 0 Å². The highest BCUT2D eigenvalue weighted by molar-refractivity contribution is 5.35. The molecule has 1 atom stereocenters. The van der Waals surface area contributed by atoms with Gasteiger partial charge in [0.05, 0.1) is 5.69 Å². The summed E-state index contributed by atoms with van der Waals surface area (Å²) in [5.41, 5.74) is 1.91. The van der Waals surface area contributed by atoms with E-state index in [9.17, 15) is 0 Å². The molecule has 0 fully saturated rings. The lowest BCUT2D eigenvalue weighted by atomic mass is 10.2. The number of fused-ring (bicyclic) bond motifs is 1. The molecule has 86 valence electrons. The van der Waals surface area contributed by atoms with E-state index in [1.165, 1.54) is 0 Å². The molecular weight excluding hydrogens is 216 g/mol. The lowest BCUT2D eigenvalue weighted by molar-refractivity contribution is 0.297. The summed E-state index contributed by atoms with van der Waals surface area (Å²) in [6, 6.07) is 11.8. The smallest absolute Gasteiger partial charge is 0.190 e. The van der Waals surface area contributed by atoms with Crippen LogP contribution in [0.1, 0.15) is 17.4 Å². The second-order valence-corrected chi connectivity index (χ2v) is 3.91. The molecule has 1 aliphatic rings. The van der Waals surface area contributed by atoms with Gasteiger partial charge < -0.3 is 5.11 Å². The van der Waals surface area contributed by atoms with Crippen molar-refractivity contribution in [1.29, 1.82) is 0 Å². The highest BCUT2D eigenvalue weighted by Gasteiger charge is 2.23. The fraction of sp³-hybridized carbons (Fsp3) is 0.250. The molecule has 0 bridgehead atoms. The zero-order chi connectivity index (χ0) is 11.7. The predicted molar refractivity (Wildman–Crippen MR) is 62.1 cm³/mol. The van der Waals surface area contributed by atoms with Crippen LogP contribution in [0.4, 0.5) is 5.82 Å². The fourth-order valence-corrected chi connectivity index (χ4v) is 1.92. The van der Waals surface area contributed by atoms with Gasteiger partial charge in [-0.3, -0.25) is 0 Å². The summed E-state index contributed by atoms with van der Waals surface area (Å²) in [6.07, 6.45) is 0.385. The van der Waals surface area contributed by atoms with Crippen LogP contribution in [0, 0.1) is 0 Å². The standard InChI is InChI=1S/C12H12N4O/c17-7-6-10-8-11-13-14-12(16(11)15-10)9-4-2-1-3-5-9/h1-5,8,12,17H,6-7H2. The van der Waals surface area contributed by atoms with Crippen LogP contribution in [-0.4, -0.2) is 21.5 Å². The van der Waals surface area contributed by atoms with Gasteiger partial charge >= 0.3 is 0 Å². The number of azo groups is 1. The van der Waals surface area contributed by atoms with E-state index in [1.807, 2.05) is 36.4 Å². The van der Waals surface area contributed by atoms with Crippen LogP contribution in [0.2, 0.25) is 0 Å². The van der Waals surface area contributed by atoms with E-state index in [-0.39, 0.29) is 12.8 Å². The quantitative estimate of drug-likeness (QED) is 0.874. The van der Waals surface area contributed by atoms with E-state index in [4.69, 9.17) is 5.11 Å². The van der Waals surface area contributed by atoms with Crippen LogP contribution >= 0.6 is 0 Å². The van der Waals surface area contributed by atoms with Gasteiger partial charge in [-0.2, -0.15) is 10.2 Å². The largest absolute Gasteiger partial charge is 0.396 e. The van der Waals surface area contributed by atoms with Crippen molar-refractivity contribution in [1.82, 2.24) is 9.78 Å². The topological polar surface area (TPSA) is 62.8 Å². The molecule has 0 amide bonds. The second kappa shape index (κ2) is 4.10. The Morgan fingerprint density at radius 1 is 1.24 bits per heavy atom. The molecule has 3 rings (SSSR count). The average molecular weight is 228 g/mol. The zero-order valence-corrected chi connectivity index (χ0v) is 9.19. The van der Waals surface area contributed by atoms with Gasteiger partial charge in [-0.1, -0.05) is 30.3 Å². The summed E-state index contributed by atoms with van der Waals surface area (Å²) < 4.78 is 1.79. The first-order chi connectivity index (χ1) is 8.38. The zero-order valence-electron chi connectivity index (χ0n) is 9.19. The molecule has 5 nitrogen and oxygen atoms in total. The number of aliphatic hydroxyl groups excluding tert-OH is 1. The molecule has 1 aromatic heterocycles. The lowest BCUT2D eigenvalue weighted by Gasteiger charge is -2.07. The Bertz CT molecular complexity index is 547. The van der Waals surface area contributed by atoms with Crippen molar-refractivity contribution in [2.75, 3.05) is 6.61 Å². The molecule has 1 unspecified atom stereocenters. The molecule has 0 saturated carbocycles. The summed E-state index contributed by atoms with van der Waals surface area (Å²) in [5.74, 6) is 0.752. The maximum atomic E-state index is 8.89. The van der Waals surface area contributed by atoms with Crippen molar-refractivity contribution in [2.45, 2.75) is 12.6 Å². The minimum Gasteiger partial charge on any atom is -0.396 e. The van der Waals surface area contributed by atoms with Crippen molar-refractivity contribution in [3.8, 4) is 0 Å². The number of benzene rings is 1. The molecule has 1 aromatic carbocycles. The molecule has 5 heteroatoms. The van der Waals surface area contributed by atoms with E-state index >= 15 is 0 Å². The molecule has 1 N–H and O–H groups in total. The molecular formula is C12H12N4O. The Labute approximate surface area is 98.4 Å². The second-order valence-electron chi connectivity index (χ2n) is 3.91. The summed E-state index contributed by atoms with van der Waals surface area (Å²) >= 11 is 0. The van der Waals surface area contributed by atoms with Crippen molar-refractivity contribution in [2.24, 2.45) is 10.2 Å². The van der Waals surface area contributed by atoms with Gasteiger partial charge in [-0.15, -0.1) is 5.11 Å². The van der Waals surface area contributed by atoms with Crippen molar-refractivity contribution >= 4 is 5.82 Å². The van der Waals surface area contributed by atoms with Gasteiger partial charge in [0.25, 0.3) is 0 Å². The van der Waals surface area contributed by atoms with E-state index in [1.54, 1.807) is 4.68 Å². The molecule has 0 saturated heterocycles. The number of nitrogens with zero attached hydrogens (tertiary/aromatic N) is 4. The fourth-order valence-electron chi connectivity index (χ4n) is 1.92. The van der Waals surface area contributed by atoms with Crippen LogP contribution in [0.3, 0.4) is 0 Å². The Kier molecular flexibility index (Phi) is 2.45.